The van der Waals surface area contributed by atoms with Crippen molar-refractivity contribution in [3.63, 3.8) is 0 Å². The van der Waals surface area contributed by atoms with E-state index in [0.29, 0.717) is 24.2 Å². The second-order valence-corrected chi connectivity index (χ2v) is 7.08. The average Bonchev–Trinajstić information content (AvgIpc) is 2.72. The molecule has 1 amide bonds. The van der Waals surface area contributed by atoms with Crippen LogP contribution in [0.2, 0.25) is 0 Å². The first kappa shape index (κ1) is 25.4. The van der Waals surface area contributed by atoms with Crippen LogP contribution in [0.1, 0.15) is 19.4 Å². The molecule has 0 spiro atoms. The number of methoxy groups -OCH3 is 1. The number of halogens is 1. The zero-order valence-electron chi connectivity index (χ0n) is 17.7. The Morgan fingerprint density at radius 2 is 1.86 bits per heavy atom. The summed E-state index contributed by atoms with van der Waals surface area (Å²) in [5.74, 6) is 1.31. The molecule has 29 heavy (non-hydrogen) atoms. The van der Waals surface area contributed by atoms with E-state index in [1.54, 1.807) is 7.05 Å². The monoisotopic (exact) mass is 519 g/mol. The van der Waals surface area contributed by atoms with Gasteiger partial charge in [0.15, 0.2) is 5.96 Å². The summed E-state index contributed by atoms with van der Waals surface area (Å²) in [6.45, 7) is 9.53. The zero-order chi connectivity index (χ0) is 20.4. The number of aliphatic imine (C=N–C) groups is 1. The molecule has 0 aliphatic carbocycles. The summed E-state index contributed by atoms with van der Waals surface area (Å²) >= 11 is 0. The molecule has 1 aromatic carbocycles. The van der Waals surface area contributed by atoms with Crippen LogP contribution in [0.25, 0.3) is 0 Å². The number of hydrogen-bond acceptors (Lipinski definition) is 5. The van der Waals surface area contributed by atoms with Gasteiger partial charge in [-0.15, -0.1) is 24.0 Å². The van der Waals surface area contributed by atoms with E-state index in [1.165, 1.54) is 7.11 Å². The predicted octanol–water partition coefficient (Wildman–Crippen LogP) is 2.50. The van der Waals surface area contributed by atoms with Gasteiger partial charge >= 0.3 is 6.09 Å². The quantitative estimate of drug-likeness (QED) is 0.292. The van der Waals surface area contributed by atoms with Crippen LogP contribution in [0.5, 0.6) is 0 Å². The number of nitrogens with zero attached hydrogens (tertiary/aromatic N) is 2. The van der Waals surface area contributed by atoms with Crippen molar-refractivity contribution in [2.75, 3.05) is 52.3 Å². The van der Waals surface area contributed by atoms with Crippen LogP contribution in [0.15, 0.2) is 29.3 Å². The van der Waals surface area contributed by atoms with Gasteiger partial charge in [-0.05, 0) is 23.6 Å². The molecule has 3 N–H and O–H groups in total. The molecule has 1 aliphatic rings. The molecule has 9 heteroatoms. The van der Waals surface area contributed by atoms with Gasteiger partial charge < -0.3 is 20.1 Å². The summed E-state index contributed by atoms with van der Waals surface area (Å²) < 4.78 is 10.1. The number of ether oxygens (including phenoxy) is 2. The van der Waals surface area contributed by atoms with Crippen LogP contribution in [0, 0.1) is 5.92 Å². The molecule has 1 atom stereocenters. The maximum Gasteiger partial charge on any atom is 0.411 e. The molecule has 1 aliphatic heterocycles. The van der Waals surface area contributed by atoms with Crippen LogP contribution in [-0.2, 0) is 16.0 Å². The molecule has 8 nitrogen and oxygen atoms in total. The van der Waals surface area contributed by atoms with E-state index in [-0.39, 0.29) is 24.0 Å². The first-order valence-corrected chi connectivity index (χ1v) is 9.73. The number of morpholine rings is 1. The van der Waals surface area contributed by atoms with Gasteiger partial charge in [0, 0.05) is 45.0 Å². The van der Waals surface area contributed by atoms with Gasteiger partial charge in [-0.25, -0.2) is 4.79 Å². The second-order valence-electron chi connectivity index (χ2n) is 7.08. The lowest BCUT2D eigenvalue weighted by molar-refractivity contribution is 0.00752. The zero-order valence-corrected chi connectivity index (χ0v) is 20.1. The maximum atomic E-state index is 11.2. The fourth-order valence-electron chi connectivity index (χ4n) is 3.18. The van der Waals surface area contributed by atoms with Crippen molar-refractivity contribution in [3.8, 4) is 0 Å². The summed E-state index contributed by atoms with van der Waals surface area (Å²) in [6.07, 6.45) is -0.476. The molecular formula is C20H34IN5O3. The van der Waals surface area contributed by atoms with E-state index in [4.69, 9.17) is 4.74 Å². The third-order valence-electron chi connectivity index (χ3n) is 4.83. The van der Waals surface area contributed by atoms with E-state index >= 15 is 0 Å². The van der Waals surface area contributed by atoms with E-state index in [1.807, 2.05) is 24.3 Å². The number of amides is 1. The minimum absolute atomic E-state index is 0. The van der Waals surface area contributed by atoms with Gasteiger partial charge in [-0.1, -0.05) is 26.0 Å². The maximum absolute atomic E-state index is 11.2. The number of nitrogens with one attached hydrogen (secondary N) is 3. The van der Waals surface area contributed by atoms with Crippen LogP contribution >= 0.6 is 24.0 Å². The Bertz CT molecular complexity index is 634. The number of rotatable bonds is 7. The first-order chi connectivity index (χ1) is 13.5. The van der Waals surface area contributed by atoms with Gasteiger partial charge in [0.05, 0.1) is 20.3 Å². The fourth-order valence-corrected chi connectivity index (χ4v) is 3.18. The standard InChI is InChI=1S/C20H33N5O3.HI/c1-15(2)18(25-9-11-28-12-10-25)14-23-19(21-3)22-13-16-5-7-17(8-6-16)24-20(26)27-4;/h5-8,15,18H,9-14H2,1-4H3,(H,24,26)(H2,21,22,23);1H. The molecule has 0 aromatic heterocycles. The highest BCUT2D eigenvalue weighted by Gasteiger charge is 2.23. The van der Waals surface area contributed by atoms with Crippen molar-refractivity contribution >= 4 is 41.7 Å². The molecule has 1 unspecified atom stereocenters. The largest absolute Gasteiger partial charge is 0.453 e. The lowest BCUT2D eigenvalue weighted by Gasteiger charge is -2.37. The smallest absolute Gasteiger partial charge is 0.411 e. The van der Waals surface area contributed by atoms with Crippen molar-refractivity contribution in [2.24, 2.45) is 10.9 Å². The van der Waals surface area contributed by atoms with E-state index < -0.39 is 6.09 Å². The summed E-state index contributed by atoms with van der Waals surface area (Å²) in [5, 5.41) is 9.42. The van der Waals surface area contributed by atoms with Crippen molar-refractivity contribution < 1.29 is 14.3 Å². The van der Waals surface area contributed by atoms with Gasteiger partial charge in [0.25, 0.3) is 0 Å². The molecule has 164 valence electrons. The van der Waals surface area contributed by atoms with Crippen molar-refractivity contribution in [1.29, 1.82) is 0 Å². The highest BCUT2D eigenvalue weighted by Crippen LogP contribution is 2.12. The third-order valence-corrected chi connectivity index (χ3v) is 4.83. The van der Waals surface area contributed by atoms with E-state index in [0.717, 1.165) is 44.4 Å². The lowest BCUT2D eigenvalue weighted by atomic mass is 10.0. The normalized spacial score (nSPS) is 16.0. The molecule has 1 heterocycles. The summed E-state index contributed by atoms with van der Waals surface area (Å²) in [6, 6.07) is 8.03. The predicted molar refractivity (Wildman–Crippen MR) is 127 cm³/mol. The highest BCUT2D eigenvalue weighted by molar-refractivity contribution is 14.0. The lowest BCUT2D eigenvalue weighted by Crippen LogP contribution is -2.52. The number of anilines is 1. The summed E-state index contributed by atoms with van der Waals surface area (Å²) in [5.41, 5.74) is 1.79. The first-order valence-electron chi connectivity index (χ1n) is 9.73. The number of carbonyl (C=O) groups excluding carboxylic acids is 1. The Labute approximate surface area is 190 Å². The molecular weight excluding hydrogens is 485 g/mol. The average molecular weight is 519 g/mol. The molecule has 1 aromatic rings. The second kappa shape index (κ2) is 13.6. The van der Waals surface area contributed by atoms with Gasteiger partial charge in [-0.3, -0.25) is 15.2 Å². The fraction of sp³-hybridized carbons (Fsp3) is 0.600. The number of hydrogen-bond donors (Lipinski definition) is 3. The Morgan fingerprint density at radius 1 is 1.21 bits per heavy atom. The van der Waals surface area contributed by atoms with Crippen molar-refractivity contribution in [1.82, 2.24) is 15.5 Å². The topological polar surface area (TPSA) is 87.2 Å². The number of carbonyl (C=O) groups is 1. The number of benzene rings is 1. The summed E-state index contributed by atoms with van der Waals surface area (Å²) in [4.78, 5) is 18.0. The Hall–Kier alpha value is -1.59. The van der Waals surface area contributed by atoms with Crippen molar-refractivity contribution in [3.05, 3.63) is 29.8 Å². The number of guanidine groups is 1. The molecule has 0 bridgehead atoms. The Balaban J connectivity index is 0.00000420. The third kappa shape index (κ3) is 8.75. The molecule has 1 fully saturated rings. The highest BCUT2D eigenvalue weighted by atomic mass is 127. The Kier molecular flexibility index (Phi) is 11.9. The van der Waals surface area contributed by atoms with Gasteiger partial charge in [-0.2, -0.15) is 0 Å². The van der Waals surface area contributed by atoms with Gasteiger partial charge in [0.1, 0.15) is 0 Å². The van der Waals surface area contributed by atoms with Crippen LogP contribution in [0.3, 0.4) is 0 Å². The molecule has 2 rings (SSSR count). The Morgan fingerprint density at radius 3 is 2.41 bits per heavy atom. The molecule has 1 saturated heterocycles. The van der Waals surface area contributed by atoms with Gasteiger partial charge in [0.2, 0.25) is 0 Å². The van der Waals surface area contributed by atoms with Crippen LogP contribution in [0.4, 0.5) is 10.5 Å². The van der Waals surface area contributed by atoms with E-state index in [9.17, 15) is 4.79 Å². The molecule has 0 saturated carbocycles. The van der Waals surface area contributed by atoms with Crippen LogP contribution in [-0.4, -0.2) is 70.0 Å². The molecule has 0 radical (unpaired) electrons. The minimum Gasteiger partial charge on any atom is -0.453 e. The SMILES string of the molecule is CN=C(NCc1ccc(NC(=O)OC)cc1)NCC(C(C)C)N1CCOCC1.I. The van der Waals surface area contributed by atoms with Crippen LogP contribution < -0.4 is 16.0 Å². The minimum atomic E-state index is -0.476. The summed E-state index contributed by atoms with van der Waals surface area (Å²) in [7, 11) is 3.12. The van der Waals surface area contributed by atoms with Crippen molar-refractivity contribution in [2.45, 2.75) is 26.4 Å². The van der Waals surface area contributed by atoms with E-state index in [2.05, 4.69) is 44.4 Å².